The topological polar surface area (TPSA) is 52.3 Å². The molecule has 0 bridgehead atoms. The second-order valence-corrected chi connectivity index (χ2v) is 1.33. The van der Waals surface area contributed by atoms with E-state index in [1.165, 1.54) is 0 Å². The quantitative estimate of drug-likeness (QED) is 0.434. The van der Waals surface area contributed by atoms with Crippen LogP contribution in [0.1, 0.15) is 0 Å². The van der Waals surface area contributed by atoms with Crippen molar-refractivity contribution in [1.82, 2.24) is 0 Å². The zero-order valence-electron chi connectivity index (χ0n) is 4.89. The molecule has 0 unspecified atom stereocenters. The van der Waals surface area contributed by atoms with Crippen molar-refractivity contribution >= 4 is 5.97 Å². The first kappa shape index (κ1) is 8.10. The molecule has 0 aliphatic heterocycles. The van der Waals surface area contributed by atoms with Crippen LogP contribution in [0.15, 0.2) is 12.4 Å². The minimum atomic E-state index is -1.09. The Labute approximate surface area is 52.3 Å². The molecule has 0 heterocycles. The predicted octanol–water partition coefficient (Wildman–Crippen LogP) is -0.0285. The van der Waals surface area contributed by atoms with E-state index in [2.05, 4.69) is 11.3 Å². The van der Waals surface area contributed by atoms with Crippen molar-refractivity contribution in [2.75, 3.05) is 13.2 Å². The summed E-state index contributed by atoms with van der Waals surface area (Å²) in [5, 5.41) is 0. The lowest BCUT2D eigenvalue weighted by Crippen LogP contribution is -2.13. The van der Waals surface area contributed by atoms with E-state index < -0.39 is 11.8 Å². The molecule has 0 radical (unpaired) electrons. The third-order valence-corrected chi connectivity index (χ3v) is 0.572. The molecule has 4 heteroatoms. The van der Waals surface area contributed by atoms with Gasteiger partial charge >= 0.3 is 5.97 Å². The standard InChI is InChI=1S/C5H8FNO2/c1-4(6)5(8)9-3-2-7/h1-3,7H2. The maximum atomic E-state index is 11.7. The summed E-state index contributed by atoms with van der Waals surface area (Å²) in [6.07, 6.45) is 0. The highest BCUT2D eigenvalue weighted by Crippen LogP contribution is 1.93. The van der Waals surface area contributed by atoms with Crippen molar-refractivity contribution in [1.29, 1.82) is 0 Å². The third kappa shape index (κ3) is 3.66. The maximum Gasteiger partial charge on any atom is 0.366 e. The minimum absolute atomic E-state index is 0.0295. The van der Waals surface area contributed by atoms with Crippen molar-refractivity contribution in [3.05, 3.63) is 12.4 Å². The molecule has 0 aromatic rings. The molecule has 0 amide bonds. The summed E-state index contributed by atoms with van der Waals surface area (Å²) < 4.78 is 15.9. The van der Waals surface area contributed by atoms with Crippen molar-refractivity contribution < 1.29 is 13.9 Å². The molecular weight excluding hydrogens is 125 g/mol. The Bertz CT molecular complexity index is 124. The lowest BCUT2D eigenvalue weighted by molar-refractivity contribution is -0.140. The molecule has 0 aromatic heterocycles. The molecule has 0 rings (SSSR count). The number of carbonyl (C=O) groups excluding carboxylic acids is 1. The Balaban J connectivity index is 3.39. The predicted molar refractivity (Wildman–Crippen MR) is 30.3 cm³/mol. The number of halogens is 1. The van der Waals surface area contributed by atoms with Gasteiger partial charge < -0.3 is 10.5 Å². The van der Waals surface area contributed by atoms with Crippen LogP contribution < -0.4 is 5.73 Å². The number of hydrogen-bond donors (Lipinski definition) is 1. The fraction of sp³-hybridized carbons (Fsp3) is 0.400. The van der Waals surface area contributed by atoms with Gasteiger partial charge in [0.1, 0.15) is 6.61 Å². The average Bonchev–Trinajstić information content (AvgIpc) is 1.82. The number of rotatable bonds is 3. The molecule has 0 aliphatic rings. The van der Waals surface area contributed by atoms with Crippen molar-refractivity contribution in [3.63, 3.8) is 0 Å². The van der Waals surface area contributed by atoms with E-state index in [0.29, 0.717) is 0 Å². The normalized spacial score (nSPS) is 8.67. The fourth-order valence-corrected chi connectivity index (χ4v) is 0.230. The van der Waals surface area contributed by atoms with Crippen molar-refractivity contribution in [2.24, 2.45) is 5.73 Å². The largest absolute Gasteiger partial charge is 0.459 e. The first-order chi connectivity index (χ1) is 4.18. The number of nitrogens with two attached hydrogens (primary N) is 1. The average molecular weight is 133 g/mol. The smallest absolute Gasteiger partial charge is 0.366 e. The van der Waals surface area contributed by atoms with Gasteiger partial charge in [-0.15, -0.1) is 0 Å². The van der Waals surface area contributed by atoms with Crippen molar-refractivity contribution in [2.45, 2.75) is 0 Å². The van der Waals surface area contributed by atoms with E-state index in [4.69, 9.17) is 5.73 Å². The Morgan fingerprint density at radius 2 is 2.33 bits per heavy atom. The number of ether oxygens (including phenoxy) is 1. The van der Waals surface area contributed by atoms with Gasteiger partial charge in [0.25, 0.3) is 0 Å². The molecule has 3 nitrogen and oxygen atoms in total. The number of carbonyl (C=O) groups is 1. The van der Waals surface area contributed by atoms with Crippen LogP contribution >= 0.6 is 0 Å². The van der Waals surface area contributed by atoms with Gasteiger partial charge in [0, 0.05) is 6.54 Å². The fourth-order valence-electron chi connectivity index (χ4n) is 0.230. The van der Waals surface area contributed by atoms with Gasteiger partial charge in [-0.1, -0.05) is 6.58 Å². The SMILES string of the molecule is C=C(F)C(=O)OCCN. The summed E-state index contributed by atoms with van der Waals surface area (Å²) in [4.78, 5) is 10.1. The maximum absolute atomic E-state index is 11.7. The Morgan fingerprint density at radius 1 is 1.78 bits per heavy atom. The zero-order valence-corrected chi connectivity index (χ0v) is 4.89. The van der Waals surface area contributed by atoms with E-state index in [1.54, 1.807) is 0 Å². The van der Waals surface area contributed by atoms with Gasteiger partial charge in [-0.2, -0.15) is 4.39 Å². The van der Waals surface area contributed by atoms with E-state index in [1.807, 2.05) is 0 Å². The highest BCUT2D eigenvalue weighted by Gasteiger charge is 2.04. The van der Waals surface area contributed by atoms with Crippen LogP contribution in [-0.2, 0) is 9.53 Å². The summed E-state index contributed by atoms with van der Waals surface area (Å²) in [5.41, 5.74) is 4.95. The van der Waals surface area contributed by atoms with Crippen LogP contribution in [0.2, 0.25) is 0 Å². The molecule has 2 N–H and O–H groups in total. The van der Waals surface area contributed by atoms with Crippen LogP contribution in [-0.4, -0.2) is 19.1 Å². The van der Waals surface area contributed by atoms with Gasteiger partial charge in [-0.25, -0.2) is 4.79 Å². The van der Waals surface area contributed by atoms with Crippen LogP contribution in [0.4, 0.5) is 4.39 Å². The summed E-state index contributed by atoms with van der Waals surface area (Å²) in [5.74, 6) is -2.14. The molecule has 0 atom stereocenters. The number of esters is 1. The first-order valence-electron chi connectivity index (χ1n) is 2.40. The van der Waals surface area contributed by atoms with Crippen LogP contribution in [0.25, 0.3) is 0 Å². The van der Waals surface area contributed by atoms with Gasteiger partial charge in [0.2, 0.25) is 5.83 Å². The molecule has 0 fully saturated rings. The Morgan fingerprint density at radius 3 is 2.67 bits per heavy atom. The molecule has 0 spiro atoms. The Kier molecular flexibility index (Phi) is 3.62. The van der Waals surface area contributed by atoms with E-state index in [-0.39, 0.29) is 13.2 Å². The minimum Gasteiger partial charge on any atom is -0.459 e. The summed E-state index contributed by atoms with van der Waals surface area (Å²) in [6.45, 7) is 2.95. The molecule has 9 heavy (non-hydrogen) atoms. The monoisotopic (exact) mass is 133 g/mol. The van der Waals surface area contributed by atoms with Crippen LogP contribution in [0.5, 0.6) is 0 Å². The first-order valence-corrected chi connectivity index (χ1v) is 2.40. The Hall–Kier alpha value is -0.900. The zero-order chi connectivity index (χ0) is 7.28. The molecule has 0 saturated carbocycles. The van der Waals surface area contributed by atoms with Gasteiger partial charge in [0.05, 0.1) is 0 Å². The third-order valence-electron chi connectivity index (χ3n) is 0.572. The molecule has 0 saturated heterocycles. The molecule has 0 aliphatic carbocycles. The van der Waals surface area contributed by atoms with E-state index >= 15 is 0 Å². The summed E-state index contributed by atoms with van der Waals surface area (Å²) in [6, 6.07) is 0. The summed E-state index contributed by atoms with van der Waals surface area (Å²) in [7, 11) is 0. The van der Waals surface area contributed by atoms with E-state index in [9.17, 15) is 9.18 Å². The highest BCUT2D eigenvalue weighted by molar-refractivity contribution is 5.85. The van der Waals surface area contributed by atoms with Crippen molar-refractivity contribution in [3.8, 4) is 0 Å². The van der Waals surface area contributed by atoms with Crippen LogP contribution in [0.3, 0.4) is 0 Å². The molecule has 52 valence electrons. The lowest BCUT2D eigenvalue weighted by Gasteiger charge is -1.97. The van der Waals surface area contributed by atoms with E-state index in [0.717, 1.165) is 0 Å². The highest BCUT2D eigenvalue weighted by atomic mass is 19.1. The second kappa shape index (κ2) is 4.03. The van der Waals surface area contributed by atoms with Gasteiger partial charge in [-0.3, -0.25) is 0 Å². The summed E-state index contributed by atoms with van der Waals surface area (Å²) >= 11 is 0. The van der Waals surface area contributed by atoms with Gasteiger partial charge in [-0.05, 0) is 0 Å². The molecule has 0 aromatic carbocycles. The van der Waals surface area contributed by atoms with Gasteiger partial charge in [0.15, 0.2) is 0 Å². The van der Waals surface area contributed by atoms with Crippen LogP contribution in [0, 0.1) is 0 Å². The second-order valence-electron chi connectivity index (χ2n) is 1.33. The number of hydrogen-bond acceptors (Lipinski definition) is 3. The molecular formula is C5H8FNO2. The lowest BCUT2D eigenvalue weighted by atomic mass is 10.6.